The van der Waals surface area contributed by atoms with Crippen LogP contribution in [0.4, 0.5) is 0 Å². The average Bonchev–Trinajstić information content (AvgIpc) is 3.20. The fraction of sp³-hybridized carbons (Fsp3) is 0.263. The first-order valence-corrected chi connectivity index (χ1v) is 8.20. The van der Waals surface area contributed by atoms with Crippen LogP contribution in [0.1, 0.15) is 16.8 Å². The second-order valence-corrected chi connectivity index (χ2v) is 5.81. The van der Waals surface area contributed by atoms with Gasteiger partial charge in [0.25, 0.3) is 0 Å². The largest absolute Gasteiger partial charge is 0.312 e. The molecule has 0 aliphatic heterocycles. The van der Waals surface area contributed by atoms with Crippen molar-refractivity contribution in [1.29, 1.82) is 0 Å². The van der Waals surface area contributed by atoms with Gasteiger partial charge in [0, 0.05) is 24.5 Å². The lowest BCUT2D eigenvalue weighted by molar-refractivity contribution is 0.680. The van der Waals surface area contributed by atoms with Crippen LogP contribution >= 0.6 is 0 Å². The molecule has 0 aliphatic rings. The lowest BCUT2D eigenvalue weighted by Crippen LogP contribution is -2.16. The number of nitrogens with zero attached hydrogens (tertiary/aromatic N) is 4. The summed E-state index contributed by atoms with van der Waals surface area (Å²) in [5, 5.41) is 12.4. The van der Waals surface area contributed by atoms with Gasteiger partial charge in [-0.2, -0.15) is 10.2 Å². The van der Waals surface area contributed by atoms with Gasteiger partial charge < -0.3 is 5.32 Å². The predicted molar refractivity (Wildman–Crippen MR) is 96.1 cm³/mol. The monoisotopic (exact) mass is 321 g/mol. The minimum atomic E-state index is 0.750. The van der Waals surface area contributed by atoms with Gasteiger partial charge in [0.2, 0.25) is 0 Å². The molecule has 0 aliphatic carbocycles. The van der Waals surface area contributed by atoms with Crippen molar-refractivity contribution < 1.29 is 0 Å². The van der Waals surface area contributed by atoms with E-state index in [-0.39, 0.29) is 0 Å². The molecule has 5 nitrogen and oxygen atoms in total. The summed E-state index contributed by atoms with van der Waals surface area (Å²) in [6, 6.07) is 10.2. The number of allylic oxidation sites excluding steroid dienone is 1. The molecule has 0 radical (unpaired) electrons. The zero-order chi connectivity index (χ0) is 16.8. The molecular formula is C19H23N5. The maximum Gasteiger partial charge on any atom is 0.0645 e. The quantitative estimate of drug-likeness (QED) is 0.513. The third kappa shape index (κ3) is 4.00. The molecule has 24 heavy (non-hydrogen) atoms. The Hall–Kier alpha value is -2.66. The van der Waals surface area contributed by atoms with Gasteiger partial charge in [0.15, 0.2) is 0 Å². The van der Waals surface area contributed by atoms with Gasteiger partial charge in [-0.3, -0.25) is 4.68 Å². The van der Waals surface area contributed by atoms with Gasteiger partial charge in [-0.25, -0.2) is 4.68 Å². The van der Waals surface area contributed by atoms with Gasteiger partial charge >= 0.3 is 0 Å². The molecule has 0 amide bonds. The molecule has 0 unspecified atom stereocenters. The molecule has 1 aromatic carbocycles. The van der Waals surface area contributed by atoms with E-state index in [2.05, 4.69) is 46.6 Å². The van der Waals surface area contributed by atoms with Crippen molar-refractivity contribution in [3.63, 3.8) is 0 Å². The van der Waals surface area contributed by atoms with Crippen LogP contribution in [0.25, 0.3) is 5.69 Å². The van der Waals surface area contributed by atoms with Crippen molar-refractivity contribution in [3.05, 3.63) is 78.4 Å². The van der Waals surface area contributed by atoms with E-state index in [0.717, 1.165) is 37.4 Å². The molecular weight excluding hydrogens is 298 g/mol. The molecule has 5 heteroatoms. The van der Waals surface area contributed by atoms with Crippen LogP contribution in [0.3, 0.4) is 0 Å². The first-order valence-electron chi connectivity index (χ1n) is 8.20. The van der Waals surface area contributed by atoms with E-state index in [4.69, 9.17) is 0 Å². The number of aryl methyl sites for hydroxylation is 1. The Bertz CT molecular complexity index is 785. The highest BCUT2D eigenvalue weighted by atomic mass is 15.3. The minimum absolute atomic E-state index is 0.750. The van der Waals surface area contributed by atoms with Crippen LogP contribution in [0.2, 0.25) is 0 Å². The van der Waals surface area contributed by atoms with Crippen LogP contribution < -0.4 is 5.32 Å². The third-order valence-electron chi connectivity index (χ3n) is 3.93. The molecule has 3 aromatic rings. The molecule has 3 rings (SSSR count). The van der Waals surface area contributed by atoms with Crippen LogP contribution in [0.5, 0.6) is 0 Å². The number of nitrogens with one attached hydrogen (secondary N) is 1. The maximum absolute atomic E-state index is 4.47. The summed E-state index contributed by atoms with van der Waals surface area (Å²) in [5.74, 6) is 0. The number of benzene rings is 1. The fourth-order valence-corrected chi connectivity index (χ4v) is 2.63. The number of hydrogen-bond donors (Lipinski definition) is 1. The van der Waals surface area contributed by atoms with Gasteiger partial charge in [-0.1, -0.05) is 24.3 Å². The highest BCUT2D eigenvalue weighted by molar-refractivity contribution is 5.30. The molecule has 124 valence electrons. The normalized spacial score (nSPS) is 10.9. The third-order valence-corrected chi connectivity index (χ3v) is 3.93. The summed E-state index contributed by atoms with van der Waals surface area (Å²) in [6.07, 6.45) is 8.91. The van der Waals surface area contributed by atoms with E-state index < -0.39 is 0 Å². The van der Waals surface area contributed by atoms with Crippen molar-refractivity contribution >= 4 is 0 Å². The molecule has 0 fully saturated rings. The SMILES string of the molecule is C=CCn1cc(CNCCc2cnn(-c3ccccc3)c2)c(C)n1. The molecule has 2 heterocycles. The summed E-state index contributed by atoms with van der Waals surface area (Å²) in [6.45, 7) is 8.27. The number of rotatable bonds is 8. The Kier molecular flexibility index (Phi) is 5.23. The van der Waals surface area contributed by atoms with E-state index in [1.807, 2.05) is 46.8 Å². The maximum atomic E-state index is 4.47. The Morgan fingerprint density at radius 2 is 2.04 bits per heavy atom. The summed E-state index contributed by atoms with van der Waals surface area (Å²) in [7, 11) is 0. The number of hydrogen-bond acceptors (Lipinski definition) is 3. The Balaban J connectivity index is 1.49. The Labute approximate surface area is 142 Å². The minimum Gasteiger partial charge on any atom is -0.312 e. The first-order chi connectivity index (χ1) is 11.8. The molecule has 0 bridgehead atoms. The van der Waals surface area contributed by atoms with Crippen molar-refractivity contribution in [2.45, 2.75) is 26.4 Å². The van der Waals surface area contributed by atoms with E-state index in [1.54, 1.807) is 0 Å². The summed E-state index contributed by atoms with van der Waals surface area (Å²) in [4.78, 5) is 0. The van der Waals surface area contributed by atoms with Crippen LogP contribution in [-0.2, 0) is 19.5 Å². The second kappa shape index (κ2) is 7.75. The Morgan fingerprint density at radius 3 is 2.83 bits per heavy atom. The van der Waals surface area contributed by atoms with E-state index >= 15 is 0 Å². The van der Waals surface area contributed by atoms with Crippen molar-refractivity contribution in [2.75, 3.05) is 6.54 Å². The highest BCUT2D eigenvalue weighted by Gasteiger charge is 2.04. The van der Waals surface area contributed by atoms with E-state index in [9.17, 15) is 0 Å². The van der Waals surface area contributed by atoms with Crippen LogP contribution in [0.15, 0.2) is 61.6 Å². The molecule has 0 saturated heterocycles. The van der Waals surface area contributed by atoms with Gasteiger partial charge in [0.1, 0.15) is 0 Å². The fourth-order valence-electron chi connectivity index (χ4n) is 2.63. The highest BCUT2D eigenvalue weighted by Crippen LogP contribution is 2.08. The molecule has 2 aromatic heterocycles. The predicted octanol–water partition coefficient (Wildman–Crippen LogP) is 2.90. The van der Waals surface area contributed by atoms with Gasteiger partial charge in [-0.15, -0.1) is 6.58 Å². The lowest BCUT2D eigenvalue weighted by Gasteiger charge is -2.02. The van der Waals surface area contributed by atoms with E-state index in [1.165, 1.54) is 11.1 Å². The van der Waals surface area contributed by atoms with Gasteiger partial charge in [-0.05, 0) is 37.6 Å². The van der Waals surface area contributed by atoms with Crippen LogP contribution in [-0.4, -0.2) is 26.1 Å². The smallest absolute Gasteiger partial charge is 0.0645 e. The van der Waals surface area contributed by atoms with Crippen molar-refractivity contribution in [2.24, 2.45) is 0 Å². The van der Waals surface area contributed by atoms with Crippen molar-refractivity contribution in [1.82, 2.24) is 24.9 Å². The van der Waals surface area contributed by atoms with E-state index in [0.29, 0.717) is 0 Å². The molecule has 1 N–H and O–H groups in total. The van der Waals surface area contributed by atoms with Crippen LogP contribution in [0, 0.1) is 6.92 Å². The topological polar surface area (TPSA) is 47.7 Å². The summed E-state index contributed by atoms with van der Waals surface area (Å²) >= 11 is 0. The summed E-state index contributed by atoms with van der Waals surface area (Å²) < 4.78 is 3.84. The molecule has 0 saturated carbocycles. The molecule has 0 atom stereocenters. The average molecular weight is 321 g/mol. The first kappa shape index (κ1) is 16.2. The van der Waals surface area contributed by atoms with Gasteiger partial charge in [0.05, 0.1) is 24.1 Å². The molecule has 0 spiro atoms. The zero-order valence-electron chi connectivity index (χ0n) is 14.0. The second-order valence-electron chi connectivity index (χ2n) is 5.81. The van der Waals surface area contributed by atoms with Crippen molar-refractivity contribution in [3.8, 4) is 5.69 Å². The zero-order valence-corrected chi connectivity index (χ0v) is 14.0. The number of aromatic nitrogens is 4. The standard InChI is InChI=1S/C19H23N5/c1-3-11-23-15-18(16(2)22-23)13-20-10-9-17-12-21-24(14-17)19-7-5-4-6-8-19/h3-8,12,14-15,20H,1,9-11,13H2,2H3. The Morgan fingerprint density at radius 1 is 1.21 bits per heavy atom. The number of para-hydroxylation sites is 1. The summed E-state index contributed by atoms with van der Waals surface area (Å²) in [5.41, 5.74) is 4.62. The lowest BCUT2D eigenvalue weighted by atomic mass is 10.2.